The van der Waals surface area contributed by atoms with Crippen molar-refractivity contribution in [3.63, 3.8) is 0 Å². The highest BCUT2D eigenvalue weighted by molar-refractivity contribution is 6.30. The normalized spacial score (nSPS) is 10.8. The monoisotopic (exact) mass is 317 g/mol. The van der Waals surface area contributed by atoms with Crippen LogP contribution in [-0.4, -0.2) is 51.2 Å². The summed E-state index contributed by atoms with van der Waals surface area (Å²) >= 11 is 5.86. The third kappa shape index (κ3) is 9.63. The Bertz CT molecular complexity index is 365. The fraction of sp³-hybridized carbons (Fsp3) is 0.667. The van der Waals surface area contributed by atoms with Crippen molar-refractivity contribution < 1.29 is 18.9 Å². The molecule has 0 fully saturated rings. The van der Waals surface area contributed by atoms with Gasteiger partial charge in [0, 0.05) is 12.8 Å². The van der Waals surface area contributed by atoms with Gasteiger partial charge in [-0.15, -0.1) is 0 Å². The topological polar surface area (TPSA) is 49.8 Å². The fourth-order valence-corrected chi connectivity index (χ4v) is 1.65. The smallest absolute Gasteiger partial charge is 0.171 e. The van der Waals surface area contributed by atoms with E-state index in [2.05, 4.69) is 11.9 Å². The van der Waals surface area contributed by atoms with Crippen LogP contribution in [0.15, 0.2) is 18.3 Å². The molecular formula is C15H24ClNO4. The molecule has 0 aliphatic carbocycles. The Labute approximate surface area is 131 Å². The molecule has 1 aromatic heterocycles. The molecule has 1 heterocycles. The average molecular weight is 318 g/mol. The Morgan fingerprint density at radius 3 is 2.19 bits per heavy atom. The van der Waals surface area contributed by atoms with Gasteiger partial charge in [-0.3, -0.25) is 0 Å². The van der Waals surface area contributed by atoms with E-state index in [0.717, 1.165) is 19.4 Å². The molecule has 0 N–H and O–H groups in total. The zero-order valence-corrected chi connectivity index (χ0v) is 13.3. The largest absolute Gasteiger partial charge is 0.488 e. The Balaban J connectivity index is 1.84. The van der Waals surface area contributed by atoms with E-state index in [9.17, 15) is 0 Å². The van der Waals surface area contributed by atoms with Gasteiger partial charge in [0.2, 0.25) is 0 Å². The number of nitrogens with zero attached hydrogens (tertiary/aromatic N) is 1. The van der Waals surface area contributed by atoms with Crippen LogP contribution in [0.2, 0.25) is 5.15 Å². The van der Waals surface area contributed by atoms with Gasteiger partial charge in [0.05, 0.1) is 33.0 Å². The summed E-state index contributed by atoms with van der Waals surface area (Å²) in [7, 11) is 0. The summed E-state index contributed by atoms with van der Waals surface area (Å²) in [6.45, 7) is 6.22. The van der Waals surface area contributed by atoms with Crippen molar-refractivity contribution in [1.82, 2.24) is 4.98 Å². The number of halogens is 1. The molecule has 1 rings (SSSR count). The first-order valence-corrected chi connectivity index (χ1v) is 7.69. The predicted molar refractivity (Wildman–Crippen MR) is 82.1 cm³/mol. The van der Waals surface area contributed by atoms with Crippen molar-refractivity contribution in [2.24, 2.45) is 0 Å². The molecule has 120 valence electrons. The first-order chi connectivity index (χ1) is 10.3. The van der Waals surface area contributed by atoms with Crippen molar-refractivity contribution in [3.05, 3.63) is 23.5 Å². The Kier molecular flexibility index (Phi) is 11.1. The predicted octanol–water partition coefficient (Wildman–Crippen LogP) is 2.96. The third-order valence-corrected chi connectivity index (χ3v) is 2.88. The van der Waals surface area contributed by atoms with Crippen molar-refractivity contribution in [2.75, 3.05) is 46.2 Å². The molecule has 0 aliphatic rings. The van der Waals surface area contributed by atoms with Gasteiger partial charge in [-0.1, -0.05) is 24.9 Å². The molecule has 0 aromatic carbocycles. The van der Waals surface area contributed by atoms with Crippen molar-refractivity contribution in [1.29, 1.82) is 0 Å². The molecule has 21 heavy (non-hydrogen) atoms. The minimum atomic E-state index is 0.365. The van der Waals surface area contributed by atoms with E-state index in [0.29, 0.717) is 50.5 Å². The van der Waals surface area contributed by atoms with Crippen LogP contribution in [0.25, 0.3) is 0 Å². The highest BCUT2D eigenvalue weighted by atomic mass is 35.5. The summed E-state index contributed by atoms with van der Waals surface area (Å²) in [5, 5.41) is 0.365. The van der Waals surface area contributed by atoms with E-state index in [1.807, 2.05) is 0 Å². The lowest BCUT2D eigenvalue weighted by molar-refractivity contribution is 0.00894. The molecule has 0 atom stereocenters. The summed E-state index contributed by atoms with van der Waals surface area (Å²) in [5.74, 6) is 0.572. The van der Waals surface area contributed by atoms with E-state index in [4.69, 9.17) is 30.5 Å². The van der Waals surface area contributed by atoms with Gasteiger partial charge in [0.15, 0.2) is 10.9 Å². The Hall–Kier alpha value is -0.880. The summed E-state index contributed by atoms with van der Waals surface area (Å²) in [5.41, 5.74) is 0. The fourth-order valence-electron chi connectivity index (χ4n) is 1.48. The molecule has 0 radical (unpaired) electrons. The van der Waals surface area contributed by atoms with E-state index < -0.39 is 0 Å². The van der Waals surface area contributed by atoms with E-state index in [1.54, 1.807) is 18.3 Å². The Morgan fingerprint density at radius 2 is 1.57 bits per heavy atom. The number of pyridine rings is 1. The van der Waals surface area contributed by atoms with Crippen LogP contribution in [0, 0.1) is 0 Å². The summed E-state index contributed by atoms with van der Waals surface area (Å²) < 4.78 is 21.6. The van der Waals surface area contributed by atoms with Crippen LogP contribution in [-0.2, 0) is 14.2 Å². The zero-order chi connectivity index (χ0) is 15.2. The molecule has 0 unspecified atom stereocenters. The standard InChI is InChI=1S/C15H24ClNO4/c1-2-3-7-18-8-9-19-10-11-20-12-13-21-14-5-4-6-17-15(14)16/h4-6H,2-3,7-13H2,1H3. The van der Waals surface area contributed by atoms with Gasteiger partial charge < -0.3 is 18.9 Å². The minimum Gasteiger partial charge on any atom is -0.488 e. The van der Waals surface area contributed by atoms with Gasteiger partial charge in [0.1, 0.15) is 6.61 Å². The van der Waals surface area contributed by atoms with Gasteiger partial charge in [-0.05, 0) is 18.6 Å². The summed E-state index contributed by atoms with van der Waals surface area (Å²) in [4.78, 5) is 3.92. The molecule has 1 aromatic rings. The number of rotatable bonds is 13. The number of hydrogen-bond acceptors (Lipinski definition) is 5. The third-order valence-electron chi connectivity index (χ3n) is 2.60. The number of aromatic nitrogens is 1. The molecule has 5 nitrogen and oxygen atoms in total. The van der Waals surface area contributed by atoms with E-state index in [-0.39, 0.29) is 0 Å². The van der Waals surface area contributed by atoms with Crippen LogP contribution in [0.3, 0.4) is 0 Å². The number of hydrogen-bond donors (Lipinski definition) is 0. The molecule has 0 aliphatic heterocycles. The van der Waals surface area contributed by atoms with Gasteiger partial charge in [0.25, 0.3) is 0 Å². The second-order valence-electron chi connectivity index (χ2n) is 4.33. The molecular weight excluding hydrogens is 294 g/mol. The average Bonchev–Trinajstić information content (AvgIpc) is 2.50. The van der Waals surface area contributed by atoms with Crippen LogP contribution in [0.4, 0.5) is 0 Å². The quantitative estimate of drug-likeness (QED) is 0.413. The summed E-state index contributed by atoms with van der Waals surface area (Å²) in [6, 6.07) is 3.55. The molecule has 0 amide bonds. The maximum Gasteiger partial charge on any atom is 0.171 e. The highest BCUT2D eigenvalue weighted by Gasteiger charge is 2.00. The van der Waals surface area contributed by atoms with Gasteiger partial charge in [-0.2, -0.15) is 0 Å². The van der Waals surface area contributed by atoms with Crippen molar-refractivity contribution in [2.45, 2.75) is 19.8 Å². The first-order valence-electron chi connectivity index (χ1n) is 7.31. The van der Waals surface area contributed by atoms with E-state index >= 15 is 0 Å². The number of ether oxygens (including phenoxy) is 4. The van der Waals surface area contributed by atoms with Crippen molar-refractivity contribution >= 4 is 11.6 Å². The molecule has 0 spiro atoms. The van der Waals surface area contributed by atoms with Crippen LogP contribution in [0.1, 0.15) is 19.8 Å². The van der Waals surface area contributed by atoms with Gasteiger partial charge >= 0.3 is 0 Å². The molecule has 0 saturated carbocycles. The maximum absolute atomic E-state index is 5.86. The molecule has 6 heteroatoms. The van der Waals surface area contributed by atoms with Crippen molar-refractivity contribution in [3.8, 4) is 5.75 Å². The minimum absolute atomic E-state index is 0.365. The maximum atomic E-state index is 5.86. The molecule has 0 bridgehead atoms. The second kappa shape index (κ2) is 12.8. The molecule has 0 saturated heterocycles. The van der Waals surface area contributed by atoms with E-state index in [1.165, 1.54) is 0 Å². The van der Waals surface area contributed by atoms with Gasteiger partial charge in [-0.25, -0.2) is 4.98 Å². The number of unbranched alkanes of at least 4 members (excludes halogenated alkanes) is 1. The van der Waals surface area contributed by atoms with Crippen LogP contribution in [0.5, 0.6) is 5.75 Å². The summed E-state index contributed by atoms with van der Waals surface area (Å²) in [6.07, 6.45) is 3.88. The highest BCUT2D eigenvalue weighted by Crippen LogP contribution is 2.19. The van der Waals surface area contributed by atoms with Crippen LogP contribution >= 0.6 is 11.6 Å². The lowest BCUT2D eigenvalue weighted by Gasteiger charge is -2.08. The second-order valence-corrected chi connectivity index (χ2v) is 4.69. The lowest BCUT2D eigenvalue weighted by Crippen LogP contribution is -2.13. The van der Waals surface area contributed by atoms with Crippen LogP contribution < -0.4 is 4.74 Å². The Morgan fingerprint density at radius 1 is 0.952 bits per heavy atom. The SMILES string of the molecule is CCCCOCCOCCOCCOc1cccnc1Cl. The first kappa shape index (κ1) is 18.2. The lowest BCUT2D eigenvalue weighted by atomic mass is 10.4. The zero-order valence-electron chi connectivity index (χ0n) is 12.6.